The van der Waals surface area contributed by atoms with Crippen molar-refractivity contribution in [1.29, 1.82) is 0 Å². The molecule has 0 aromatic carbocycles. The first-order chi connectivity index (χ1) is 7.60. The summed E-state index contributed by atoms with van der Waals surface area (Å²) in [5.74, 6) is 0. The van der Waals surface area contributed by atoms with Crippen LogP contribution in [-0.4, -0.2) is 17.2 Å². The topological polar surface area (TPSA) is 38.9 Å². The van der Waals surface area contributed by atoms with E-state index in [2.05, 4.69) is 4.98 Å². The second-order valence-electron chi connectivity index (χ2n) is 3.40. The number of nitrogens with two attached hydrogens (primary N) is 1. The molecule has 2 N–H and O–H groups in total. The Hall–Kier alpha value is -1.31. The molecular weight excluding hydrogens is 250 g/mol. The highest BCUT2D eigenvalue weighted by Crippen LogP contribution is 2.27. The molecule has 0 saturated heterocycles. The minimum atomic E-state index is -4.61. The maximum atomic E-state index is 12.1. The van der Waals surface area contributed by atoms with Gasteiger partial charge in [-0.25, -0.2) is 0 Å². The lowest BCUT2D eigenvalue weighted by Gasteiger charge is -2.15. The zero-order valence-corrected chi connectivity index (χ0v) is 8.31. The Kier molecular flexibility index (Phi) is 3.65. The maximum Gasteiger partial charge on any atom is 0.433 e. The molecule has 0 fully saturated rings. The molecule has 0 aliphatic carbocycles. The van der Waals surface area contributed by atoms with Crippen molar-refractivity contribution in [1.82, 2.24) is 4.98 Å². The Labute approximate surface area is 92.4 Å². The smallest absolute Gasteiger partial charge is 0.320 e. The van der Waals surface area contributed by atoms with Gasteiger partial charge in [-0.2, -0.15) is 26.3 Å². The molecule has 1 aromatic rings. The first-order valence-electron chi connectivity index (χ1n) is 4.45. The van der Waals surface area contributed by atoms with Crippen LogP contribution >= 0.6 is 0 Å². The predicted octanol–water partition coefficient (Wildman–Crippen LogP) is 2.53. The van der Waals surface area contributed by atoms with Crippen LogP contribution in [0.5, 0.6) is 0 Å². The summed E-state index contributed by atoms with van der Waals surface area (Å²) in [4.78, 5) is 3.04. The highest BCUT2D eigenvalue weighted by Gasteiger charge is 2.37. The number of aromatic nitrogens is 1. The number of nitrogens with zero attached hydrogens (tertiary/aromatic N) is 1. The molecule has 1 atom stereocenters. The maximum absolute atomic E-state index is 12.1. The van der Waals surface area contributed by atoms with E-state index in [-0.39, 0.29) is 5.56 Å². The summed E-state index contributed by atoms with van der Waals surface area (Å²) in [5.41, 5.74) is 3.68. The minimum Gasteiger partial charge on any atom is -0.320 e. The van der Waals surface area contributed by atoms with Gasteiger partial charge in [0.15, 0.2) is 0 Å². The third-order valence-corrected chi connectivity index (χ3v) is 1.99. The number of halogens is 6. The Bertz CT molecular complexity index is 367. The summed E-state index contributed by atoms with van der Waals surface area (Å²) < 4.78 is 72.5. The molecule has 1 unspecified atom stereocenters. The number of pyridine rings is 1. The van der Waals surface area contributed by atoms with Crippen molar-refractivity contribution in [3.63, 3.8) is 0 Å². The van der Waals surface area contributed by atoms with E-state index >= 15 is 0 Å². The predicted molar refractivity (Wildman–Crippen MR) is 47.0 cm³/mol. The highest BCUT2D eigenvalue weighted by molar-refractivity contribution is 5.17. The van der Waals surface area contributed by atoms with E-state index in [4.69, 9.17) is 5.73 Å². The van der Waals surface area contributed by atoms with Crippen molar-refractivity contribution in [3.8, 4) is 0 Å². The van der Waals surface area contributed by atoms with Gasteiger partial charge in [-0.1, -0.05) is 6.07 Å². The van der Waals surface area contributed by atoms with Crippen molar-refractivity contribution in [2.24, 2.45) is 5.73 Å². The van der Waals surface area contributed by atoms with Crippen molar-refractivity contribution in [2.45, 2.75) is 24.8 Å². The quantitative estimate of drug-likeness (QED) is 0.828. The summed E-state index contributed by atoms with van der Waals surface area (Å²) in [5, 5.41) is 0. The molecule has 96 valence electrons. The summed E-state index contributed by atoms with van der Waals surface area (Å²) in [6.07, 6.45) is -9.05. The largest absolute Gasteiger partial charge is 0.433 e. The molecule has 2 nitrogen and oxygen atoms in total. The Morgan fingerprint density at radius 3 is 2.06 bits per heavy atom. The lowest BCUT2D eigenvalue weighted by Crippen LogP contribution is -2.39. The molecule has 0 saturated carbocycles. The third kappa shape index (κ3) is 3.88. The van der Waals surface area contributed by atoms with Crippen LogP contribution in [0.3, 0.4) is 0 Å². The van der Waals surface area contributed by atoms with Crippen LogP contribution in [0.1, 0.15) is 11.3 Å². The summed E-state index contributed by atoms with van der Waals surface area (Å²) >= 11 is 0. The molecule has 0 aliphatic heterocycles. The molecule has 8 heteroatoms. The van der Waals surface area contributed by atoms with Crippen LogP contribution in [-0.2, 0) is 12.6 Å². The summed E-state index contributed by atoms with van der Waals surface area (Å²) in [6, 6.07) is -0.555. The van der Waals surface area contributed by atoms with Gasteiger partial charge in [0.25, 0.3) is 0 Å². The number of hydrogen-bond acceptors (Lipinski definition) is 2. The van der Waals surface area contributed by atoms with Crippen LogP contribution in [0.25, 0.3) is 0 Å². The second kappa shape index (κ2) is 4.52. The molecule has 0 aliphatic rings. The van der Waals surface area contributed by atoms with Crippen LogP contribution in [0.4, 0.5) is 26.3 Å². The fourth-order valence-corrected chi connectivity index (χ4v) is 1.08. The SMILES string of the molecule is NC(Cc1ccc(C(F)(F)F)nc1)C(F)(F)F. The fourth-order valence-electron chi connectivity index (χ4n) is 1.08. The van der Waals surface area contributed by atoms with E-state index < -0.39 is 30.5 Å². The van der Waals surface area contributed by atoms with Crippen molar-refractivity contribution >= 4 is 0 Å². The van der Waals surface area contributed by atoms with Gasteiger partial charge in [-0.3, -0.25) is 4.98 Å². The zero-order chi connectivity index (χ0) is 13.3. The van der Waals surface area contributed by atoms with Crippen molar-refractivity contribution < 1.29 is 26.3 Å². The minimum absolute atomic E-state index is 0.00262. The van der Waals surface area contributed by atoms with Crippen LogP contribution in [0, 0.1) is 0 Å². The molecule has 0 bridgehead atoms. The van der Waals surface area contributed by atoms with Crippen LogP contribution in [0.15, 0.2) is 18.3 Å². The van der Waals surface area contributed by atoms with Gasteiger partial charge in [-0.15, -0.1) is 0 Å². The second-order valence-corrected chi connectivity index (χ2v) is 3.40. The summed E-state index contributed by atoms with van der Waals surface area (Å²) in [7, 11) is 0. The van der Waals surface area contributed by atoms with Gasteiger partial charge in [0, 0.05) is 6.20 Å². The summed E-state index contributed by atoms with van der Waals surface area (Å²) in [6.45, 7) is 0. The van der Waals surface area contributed by atoms with Gasteiger partial charge >= 0.3 is 12.4 Å². The molecule has 0 amide bonds. The molecule has 1 rings (SSSR count). The van der Waals surface area contributed by atoms with Gasteiger partial charge in [0.2, 0.25) is 0 Å². The van der Waals surface area contributed by atoms with Crippen molar-refractivity contribution in [2.75, 3.05) is 0 Å². The van der Waals surface area contributed by atoms with E-state index in [1.54, 1.807) is 0 Å². The number of hydrogen-bond donors (Lipinski definition) is 1. The Morgan fingerprint density at radius 2 is 1.71 bits per heavy atom. The van der Waals surface area contributed by atoms with Crippen molar-refractivity contribution in [3.05, 3.63) is 29.6 Å². The van der Waals surface area contributed by atoms with Gasteiger partial charge in [0.05, 0.1) is 0 Å². The van der Waals surface area contributed by atoms with E-state index in [9.17, 15) is 26.3 Å². The van der Waals surface area contributed by atoms with E-state index in [0.29, 0.717) is 6.07 Å². The standard InChI is InChI=1S/C9H8F6N2/c10-8(11,12)6(16)3-5-1-2-7(17-4-5)9(13,14)15/h1-2,4,6H,3,16H2. The highest BCUT2D eigenvalue weighted by atomic mass is 19.4. The average molecular weight is 258 g/mol. The molecule has 0 spiro atoms. The lowest BCUT2D eigenvalue weighted by atomic mass is 10.1. The monoisotopic (exact) mass is 258 g/mol. The van der Waals surface area contributed by atoms with Gasteiger partial charge < -0.3 is 5.73 Å². The number of alkyl halides is 6. The zero-order valence-electron chi connectivity index (χ0n) is 8.31. The average Bonchev–Trinajstić information content (AvgIpc) is 2.15. The third-order valence-electron chi connectivity index (χ3n) is 1.99. The Balaban J connectivity index is 2.76. The van der Waals surface area contributed by atoms with E-state index in [1.807, 2.05) is 0 Å². The lowest BCUT2D eigenvalue weighted by molar-refractivity contribution is -0.147. The molecular formula is C9H8F6N2. The number of rotatable bonds is 2. The van der Waals surface area contributed by atoms with Crippen LogP contribution in [0.2, 0.25) is 0 Å². The molecule has 0 radical (unpaired) electrons. The molecule has 1 heterocycles. The first kappa shape index (κ1) is 13.8. The van der Waals surface area contributed by atoms with E-state index in [0.717, 1.165) is 12.3 Å². The molecule has 1 aromatic heterocycles. The molecule has 17 heavy (non-hydrogen) atoms. The first-order valence-corrected chi connectivity index (χ1v) is 4.45. The normalized spacial score (nSPS) is 14.8. The van der Waals surface area contributed by atoms with Crippen LogP contribution < -0.4 is 5.73 Å². The fraction of sp³-hybridized carbons (Fsp3) is 0.444. The van der Waals surface area contributed by atoms with Gasteiger partial charge in [-0.05, 0) is 18.1 Å². The Morgan fingerprint density at radius 1 is 1.12 bits per heavy atom. The van der Waals surface area contributed by atoms with E-state index in [1.165, 1.54) is 0 Å². The van der Waals surface area contributed by atoms with Gasteiger partial charge in [0.1, 0.15) is 11.7 Å².